The van der Waals surface area contributed by atoms with E-state index >= 15 is 0 Å². The number of pyridine rings is 1. The number of amides is 2. The van der Waals surface area contributed by atoms with Crippen LogP contribution in [-0.4, -0.2) is 52.8 Å². The van der Waals surface area contributed by atoms with E-state index in [9.17, 15) is 9.59 Å². The Bertz CT molecular complexity index is 1150. The van der Waals surface area contributed by atoms with Crippen molar-refractivity contribution < 1.29 is 9.59 Å². The van der Waals surface area contributed by atoms with Gasteiger partial charge in [0.15, 0.2) is 0 Å². The van der Waals surface area contributed by atoms with Crippen LogP contribution in [0.1, 0.15) is 23.2 Å². The predicted octanol–water partition coefficient (Wildman–Crippen LogP) is 3.84. The first-order valence-electron chi connectivity index (χ1n) is 11.2. The summed E-state index contributed by atoms with van der Waals surface area (Å²) in [5.41, 5.74) is 2.97. The Kier molecular flexibility index (Phi) is 4.30. The third kappa shape index (κ3) is 3.38. The lowest BCUT2D eigenvalue weighted by molar-refractivity contribution is -0.131. The summed E-state index contributed by atoms with van der Waals surface area (Å²) in [7, 11) is 0. The van der Waals surface area contributed by atoms with Crippen LogP contribution in [0.3, 0.4) is 0 Å². The highest BCUT2D eigenvalue weighted by Crippen LogP contribution is 2.37. The molecule has 0 N–H and O–H groups in total. The second-order valence-corrected chi connectivity index (χ2v) is 9.26. The second-order valence-electron chi connectivity index (χ2n) is 9.26. The molecule has 5 nitrogen and oxygen atoms in total. The summed E-state index contributed by atoms with van der Waals surface area (Å²) in [5.74, 6) is 1.59. The molecule has 3 heterocycles. The lowest BCUT2D eigenvalue weighted by Crippen LogP contribution is -2.36. The second kappa shape index (κ2) is 7.19. The predicted molar refractivity (Wildman–Crippen MR) is 119 cm³/mol. The molecule has 2 saturated heterocycles. The Morgan fingerprint density at radius 1 is 0.774 bits per heavy atom. The summed E-state index contributed by atoms with van der Waals surface area (Å²) < 4.78 is 0. The molecule has 3 fully saturated rings. The zero-order valence-corrected chi connectivity index (χ0v) is 17.4. The fourth-order valence-electron chi connectivity index (χ4n) is 5.18. The highest BCUT2D eigenvalue weighted by molar-refractivity contribution is 5.95. The van der Waals surface area contributed by atoms with Crippen molar-refractivity contribution in [2.75, 3.05) is 26.2 Å². The van der Waals surface area contributed by atoms with Gasteiger partial charge in [-0.25, -0.2) is 0 Å². The minimum Gasteiger partial charge on any atom is -0.342 e. The lowest BCUT2D eigenvalue weighted by atomic mass is 10.0. The number of rotatable bonds is 3. The van der Waals surface area contributed by atoms with Crippen LogP contribution in [0, 0.1) is 17.8 Å². The van der Waals surface area contributed by atoms with E-state index < -0.39 is 0 Å². The maximum atomic E-state index is 13.1. The number of benzene rings is 2. The van der Waals surface area contributed by atoms with Crippen molar-refractivity contribution in [3.05, 3.63) is 66.5 Å². The molecule has 3 aromatic rings. The average Bonchev–Trinajstić information content (AvgIpc) is 3.47. The summed E-state index contributed by atoms with van der Waals surface area (Å²) in [5, 5.41) is 2.28. The molecule has 6 rings (SSSR count). The Labute approximate surface area is 181 Å². The largest absolute Gasteiger partial charge is 0.342 e. The minimum atomic E-state index is 0.102. The van der Waals surface area contributed by atoms with Crippen LogP contribution in [0.25, 0.3) is 21.9 Å². The number of carbonyl (C=O) groups excluding carboxylic acids is 2. The van der Waals surface area contributed by atoms with Crippen LogP contribution < -0.4 is 0 Å². The first-order valence-corrected chi connectivity index (χ1v) is 11.2. The minimum absolute atomic E-state index is 0.102. The van der Waals surface area contributed by atoms with E-state index in [1.807, 2.05) is 46.3 Å². The number of fused-ring (bicyclic) bond motifs is 2. The normalized spacial score (nSPS) is 22.7. The van der Waals surface area contributed by atoms with Gasteiger partial charge in [0.2, 0.25) is 5.91 Å². The molecular formula is C26H25N3O2. The number of hydrogen-bond donors (Lipinski definition) is 0. The molecule has 2 unspecified atom stereocenters. The van der Waals surface area contributed by atoms with Gasteiger partial charge in [-0.05, 0) is 53.6 Å². The number of likely N-dealkylation sites (tertiary alicyclic amines) is 2. The van der Waals surface area contributed by atoms with Crippen LogP contribution in [0.2, 0.25) is 0 Å². The summed E-state index contributed by atoms with van der Waals surface area (Å²) in [4.78, 5) is 33.6. The zero-order valence-electron chi connectivity index (χ0n) is 17.4. The van der Waals surface area contributed by atoms with Gasteiger partial charge in [0.1, 0.15) is 0 Å². The fraction of sp³-hybridized carbons (Fsp3) is 0.346. The van der Waals surface area contributed by atoms with E-state index in [0.29, 0.717) is 17.7 Å². The van der Waals surface area contributed by atoms with Crippen molar-refractivity contribution in [1.29, 1.82) is 0 Å². The maximum absolute atomic E-state index is 13.1. The summed E-state index contributed by atoms with van der Waals surface area (Å²) in [6.07, 6.45) is 5.79. The van der Waals surface area contributed by atoms with Gasteiger partial charge in [-0.3, -0.25) is 14.6 Å². The van der Waals surface area contributed by atoms with Crippen LogP contribution in [0.4, 0.5) is 0 Å². The number of nitrogens with zero attached hydrogens (tertiary/aromatic N) is 3. The number of aromatic nitrogens is 1. The van der Waals surface area contributed by atoms with E-state index in [-0.39, 0.29) is 11.8 Å². The molecule has 2 aromatic carbocycles. The lowest BCUT2D eigenvalue weighted by Gasteiger charge is -2.22. The van der Waals surface area contributed by atoms with Crippen LogP contribution in [0.15, 0.2) is 60.9 Å². The Balaban J connectivity index is 1.13. The van der Waals surface area contributed by atoms with Crippen molar-refractivity contribution in [3.63, 3.8) is 0 Å². The van der Waals surface area contributed by atoms with Gasteiger partial charge >= 0.3 is 0 Å². The van der Waals surface area contributed by atoms with Crippen LogP contribution >= 0.6 is 0 Å². The van der Waals surface area contributed by atoms with E-state index in [1.165, 1.54) is 0 Å². The summed E-state index contributed by atoms with van der Waals surface area (Å²) in [6, 6.07) is 16.3. The maximum Gasteiger partial charge on any atom is 0.253 e. The van der Waals surface area contributed by atoms with Crippen molar-refractivity contribution in [3.8, 4) is 11.1 Å². The molecule has 5 heteroatoms. The van der Waals surface area contributed by atoms with E-state index in [4.69, 9.17) is 0 Å². The fourth-order valence-corrected chi connectivity index (χ4v) is 5.18. The quantitative estimate of drug-likeness (QED) is 0.658. The van der Waals surface area contributed by atoms with E-state index in [2.05, 4.69) is 23.2 Å². The number of hydrogen-bond acceptors (Lipinski definition) is 3. The molecule has 2 amide bonds. The topological polar surface area (TPSA) is 53.5 Å². The molecule has 1 saturated carbocycles. The molecular weight excluding hydrogens is 386 g/mol. The third-order valence-corrected chi connectivity index (χ3v) is 7.12. The third-order valence-electron chi connectivity index (χ3n) is 7.12. The summed E-state index contributed by atoms with van der Waals surface area (Å²) >= 11 is 0. The van der Waals surface area contributed by atoms with E-state index in [1.54, 1.807) is 6.20 Å². The molecule has 3 aliphatic rings. The molecule has 0 bridgehead atoms. The highest BCUT2D eigenvalue weighted by Gasteiger charge is 2.45. The molecule has 0 radical (unpaired) electrons. The summed E-state index contributed by atoms with van der Waals surface area (Å²) in [6.45, 7) is 3.16. The monoisotopic (exact) mass is 411 g/mol. The molecule has 0 spiro atoms. The first kappa shape index (κ1) is 18.6. The average molecular weight is 412 g/mol. The molecule has 1 aromatic heterocycles. The van der Waals surface area contributed by atoms with Crippen LogP contribution in [0.5, 0.6) is 0 Å². The standard InChI is InChI=1S/C26H25N3O2/c30-25(28-13-23-15-29(16-24(23)14-28)26(31)19-5-6-19)18-3-1-17(2-4-18)20-7-8-22-12-27-10-9-21(22)11-20/h1-4,7-12,19,23-24H,5-6,13-16H2. The highest BCUT2D eigenvalue weighted by atomic mass is 16.2. The van der Waals surface area contributed by atoms with Crippen molar-refractivity contribution >= 4 is 22.6 Å². The SMILES string of the molecule is O=C(c1ccc(-c2ccc3cnccc3c2)cc1)N1CC2CN(C(=O)C3CC3)CC2C1. The Morgan fingerprint density at radius 3 is 2.16 bits per heavy atom. The molecule has 31 heavy (non-hydrogen) atoms. The number of carbonyl (C=O) groups is 2. The van der Waals surface area contributed by atoms with Gasteiger partial charge in [-0.1, -0.05) is 24.3 Å². The van der Waals surface area contributed by atoms with Gasteiger partial charge < -0.3 is 9.80 Å². The molecule has 2 atom stereocenters. The Hall–Kier alpha value is -3.21. The van der Waals surface area contributed by atoms with Crippen molar-refractivity contribution in [2.24, 2.45) is 17.8 Å². The molecule has 1 aliphatic carbocycles. The smallest absolute Gasteiger partial charge is 0.253 e. The van der Waals surface area contributed by atoms with Gasteiger partial charge in [-0.2, -0.15) is 0 Å². The zero-order chi connectivity index (χ0) is 20.9. The van der Waals surface area contributed by atoms with Crippen molar-refractivity contribution in [1.82, 2.24) is 14.8 Å². The Morgan fingerprint density at radius 2 is 1.45 bits per heavy atom. The van der Waals surface area contributed by atoms with Crippen molar-refractivity contribution in [2.45, 2.75) is 12.8 Å². The molecule has 2 aliphatic heterocycles. The van der Waals surface area contributed by atoms with Crippen LogP contribution in [-0.2, 0) is 4.79 Å². The van der Waals surface area contributed by atoms with E-state index in [0.717, 1.165) is 66.5 Å². The van der Waals surface area contributed by atoms with Gasteiger partial charge in [0.05, 0.1) is 0 Å². The first-order chi connectivity index (χ1) is 15.2. The van der Waals surface area contributed by atoms with Gasteiger partial charge in [0.25, 0.3) is 5.91 Å². The van der Waals surface area contributed by atoms with Gasteiger partial charge in [-0.15, -0.1) is 0 Å². The van der Waals surface area contributed by atoms with Gasteiger partial charge in [0, 0.05) is 67.3 Å². The molecule has 156 valence electrons.